The number of rotatable bonds is 16. The molecule has 0 aliphatic carbocycles. The third-order valence-corrected chi connectivity index (χ3v) is 7.90. The summed E-state index contributed by atoms with van der Waals surface area (Å²) in [6.45, 7) is 11.0. The van der Waals surface area contributed by atoms with Gasteiger partial charge in [-0.1, -0.05) is 72.3 Å². The molecule has 0 saturated carbocycles. The van der Waals surface area contributed by atoms with E-state index in [1.165, 1.54) is 0 Å². The van der Waals surface area contributed by atoms with Crippen molar-refractivity contribution in [1.29, 1.82) is 5.26 Å². The second-order valence-corrected chi connectivity index (χ2v) is 10.8. The topological polar surface area (TPSA) is 130 Å². The van der Waals surface area contributed by atoms with E-state index in [2.05, 4.69) is 37.9 Å². The minimum absolute atomic E-state index is 0.0282. The minimum atomic E-state index is -1.46. The van der Waals surface area contributed by atoms with Crippen LogP contribution in [0.15, 0.2) is 45.6 Å². The number of aliphatic hydroxyl groups excluding tert-OH is 2. The van der Waals surface area contributed by atoms with Crippen LogP contribution >= 0.6 is 0 Å². The monoisotopic (exact) mass is 553 g/mol. The first-order chi connectivity index (χ1) is 19.3. The number of carbonyl (C=O) groups excluding carboxylic acids is 2. The molecule has 1 aromatic carbocycles. The molecule has 40 heavy (non-hydrogen) atoms. The van der Waals surface area contributed by atoms with Gasteiger partial charge in [-0.05, 0) is 55.4 Å². The van der Waals surface area contributed by atoms with E-state index < -0.39 is 24.9 Å². The molecule has 2 rings (SSSR count). The molecule has 0 saturated heterocycles. The van der Waals surface area contributed by atoms with E-state index in [1.807, 2.05) is 11.0 Å². The average Bonchev–Trinajstić information content (AvgIpc) is 2.96. The first kappa shape index (κ1) is 33.1. The lowest BCUT2D eigenvalue weighted by Gasteiger charge is -2.34. The molecule has 220 valence electrons. The number of unbranched alkanes of at least 4 members (excludes halogenated alkanes) is 2. The van der Waals surface area contributed by atoms with Crippen LogP contribution < -0.4 is 0 Å². The summed E-state index contributed by atoms with van der Waals surface area (Å²) < 4.78 is 0. The fourth-order valence-electron chi connectivity index (χ4n) is 5.12. The molecule has 0 spiro atoms. The highest BCUT2D eigenvalue weighted by Crippen LogP contribution is 2.28. The second-order valence-electron chi connectivity index (χ2n) is 10.8. The Labute approximate surface area is 239 Å². The number of hydrogen-bond acceptors (Lipinski definition) is 7. The SMILES string of the molecule is CCCCC(CC)CN(CC(CC)CCCC)C(=O)c1cccc(/N=N/C2C(C)=C(C#N)C(=O)N(CO)C2O)c1. The Balaban J connectivity index is 2.34. The Hall–Kier alpha value is -3.09. The predicted octanol–water partition coefficient (Wildman–Crippen LogP) is 5.96. The fraction of sp³-hybridized carbons (Fsp3) is 0.645. The fourth-order valence-corrected chi connectivity index (χ4v) is 5.12. The van der Waals surface area contributed by atoms with Crippen molar-refractivity contribution >= 4 is 17.5 Å². The number of benzene rings is 1. The van der Waals surface area contributed by atoms with Gasteiger partial charge in [0.25, 0.3) is 11.8 Å². The maximum absolute atomic E-state index is 13.9. The van der Waals surface area contributed by atoms with Crippen LogP contribution in [0.5, 0.6) is 0 Å². The smallest absolute Gasteiger partial charge is 0.268 e. The van der Waals surface area contributed by atoms with Gasteiger partial charge in [0.05, 0.1) is 5.69 Å². The molecule has 9 heteroatoms. The Kier molecular flexibility index (Phi) is 14.0. The van der Waals surface area contributed by atoms with E-state index in [4.69, 9.17) is 0 Å². The number of nitriles is 1. The lowest BCUT2D eigenvalue weighted by Crippen LogP contribution is -2.51. The van der Waals surface area contributed by atoms with Crippen molar-refractivity contribution in [2.24, 2.45) is 22.1 Å². The molecule has 2 amide bonds. The van der Waals surface area contributed by atoms with E-state index in [0.717, 1.165) is 69.4 Å². The molecule has 1 heterocycles. The zero-order valence-corrected chi connectivity index (χ0v) is 24.8. The summed E-state index contributed by atoms with van der Waals surface area (Å²) in [6.07, 6.45) is 7.37. The summed E-state index contributed by atoms with van der Waals surface area (Å²) in [6, 6.07) is 7.77. The molecule has 1 aromatic rings. The van der Waals surface area contributed by atoms with E-state index in [0.29, 0.717) is 23.1 Å². The summed E-state index contributed by atoms with van der Waals surface area (Å²) in [5, 5.41) is 38.0. The van der Waals surface area contributed by atoms with Gasteiger partial charge in [0.1, 0.15) is 24.4 Å². The molecule has 1 aliphatic rings. The third-order valence-electron chi connectivity index (χ3n) is 7.90. The highest BCUT2D eigenvalue weighted by atomic mass is 16.3. The van der Waals surface area contributed by atoms with Crippen molar-refractivity contribution < 1.29 is 19.8 Å². The van der Waals surface area contributed by atoms with Crippen molar-refractivity contribution in [3.8, 4) is 6.07 Å². The van der Waals surface area contributed by atoms with Crippen molar-refractivity contribution in [2.45, 2.75) is 98.3 Å². The molecular weight excluding hydrogens is 506 g/mol. The van der Waals surface area contributed by atoms with Crippen LogP contribution in [-0.4, -0.2) is 63.9 Å². The third kappa shape index (κ3) is 8.70. The molecule has 4 unspecified atom stereocenters. The molecule has 1 aliphatic heterocycles. The molecule has 2 N–H and O–H groups in total. The predicted molar refractivity (Wildman–Crippen MR) is 156 cm³/mol. The van der Waals surface area contributed by atoms with Crippen LogP contribution in [-0.2, 0) is 4.79 Å². The molecule has 9 nitrogen and oxygen atoms in total. The quantitative estimate of drug-likeness (QED) is 0.244. The summed E-state index contributed by atoms with van der Waals surface area (Å²) in [5.41, 5.74) is 1.05. The number of aliphatic hydroxyl groups is 2. The van der Waals surface area contributed by atoms with Gasteiger partial charge >= 0.3 is 0 Å². The lowest BCUT2D eigenvalue weighted by atomic mass is 9.95. The van der Waals surface area contributed by atoms with Gasteiger partial charge in [0.2, 0.25) is 0 Å². The minimum Gasteiger partial charge on any atom is -0.376 e. The number of nitrogens with zero attached hydrogens (tertiary/aromatic N) is 5. The van der Waals surface area contributed by atoms with Crippen molar-refractivity contribution in [3.63, 3.8) is 0 Å². The van der Waals surface area contributed by atoms with E-state index in [-0.39, 0.29) is 17.1 Å². The second kappa shape index (κ2) is 16.9. The maximum Gasteiger partial charge on any atom is 0.268 e. The normalized spacial score (nSPS) is 19.1. The highest BCUT2D eigenvalue weighted by molar-refractivity contribution is 5.99. The average molecular weight is 554 g/mol. The maximum atomic E-state index is 13.9. The summed E-state index contributed by atoms with van der Waals surface area (Å²) in [5.74, 6) is 0.122. The number of carbonyl (C=O) groups is 2. The first-order valence-electron chi connectivity index (χ1n) is 14.8. The highest BCUT2D eigenvalue weighted by Gasteiger charge is 2.39. The van der Waals surface area contributed by atoms with E-state index in [1.54, 1.807) is 31.2 Å². The largest absolute Gasteiger partial charge is 0.376 e. The number of hydrogen-bond donors (Lipinski definition) is 2. The molecule has 0 fully saturated rings. The van der Waals surface area contributed by atoms with Crippen LogP contribution in [0.3, 0.4) is 0 Å². The molecular formula is C31H47N5O4. The molecule has 0 radical (unpaired) electrons. The van der Waals surface area contributed by atoms with Crippen LogP contribution in [0, 0.1) is 23.2 Å². The summed E-state index contributed by atoms with van der Waals surface area (Å²) >= 11 is 0. The Bertz CT molecular complexity index is 1060. The van der Waals surface area contributed by atoms with Gasteiger partial charge < -0.3 is 15.1 Å². The number of amides is 2. The van der Waals surface area contributed by atoms with Gasteiger partial charge in [0.15, 0.2) is 6.23 Å². The van der Waals surface area contributed by atoms with Crippen LogP contribution in [0.2, 0.25) is 0 Å². The molecule has 0 aromatic heterocycles. The zero-order valence-electron chi connectivity index (χ0n) is 24.8. The Morgan fingerprint density at radius 2 is 1.70 bits per heavy atom. The standard InChI is InChI=1S/C31H47N5O4/c1-6-10-13-23(8-3)19-35(20-24(9-4)14-11-7-2)29(38)25-15-12-16-26(17-25)33-34-28-22(5)27(18-32)30(39)36(21-37)31(28)40/h12,15-17,23-24,28,31,37,40H,6-11,13-14,19-21H2,1-5H3/b34-33+. The molecule has 0 bridgehead atoms. The van der Waals surface area contributed by atoms with Gasteiger partial charge in [-0.15, -0.1) is 0 Å². The van der Waals surface area contributed by atoms with Gasteiger partial charge in [-0.25, -0.2) is 0 Å². The van der Waals surface area contributed by atoms with Gasteiger partial charge in [-0.3, -0.25) is 14.5 Å². The van der Waals surface area contributed by atoms with E-state index in [9.17, 15) is 25.1 Å². The first-order valence-corrected chi connectivity index (χ1v) is 14.8. The van der Waals surface area contributed by atoms with Gasteiger partial charge in [0, 0.05) is 18.7 Å². The van der Waals surface area contributed by atoms with Crippen molar-refractivity contribution in [1.82, 2.24) is 9.80 Å². The lowest BCUT2D eigenvalue weighted by molar-refractivity contribution is -0.146. The summed E-state index contributed by atoms with van der Waals surface area (Å²) in [4.78, 5) is 29.0. The number of azo groups is 1. The Morgan fingerprint density at radius 1 is 1.10 bits per heavy atom. The summed E-state index contributed by atoms with van der Waals surface area (Å²) in [7, 11) is 0. The van der Waals surface area contributed by atoms with Crippen molar-refractivity contribution in [3.05, 3.63) is 41.0 Å². The zero-order chi connectivity index (χ0) is 29.7. The van der Waals surface area contributed by atoms with Crippen LogP contribution in [0.25, 0.3) is 0 Å². The van der Waals surface area contributed by atoms with Gasteiger partial charge in [-0.2, -0.15) is 15.5 Å². The van der Waals surface area contributed by atoms with Crippen molar-refractivity contribution in [2.75, 3.05) is 19.8 Å². The van der Waals surface area contributed by atoms with Crippen LogP contribution in [0.4, 0.5) is 5.69 Å². The molecule has 4 atom stereocenters. The van der Waals surface area contributed by atoms with Crippen LogP contribution in [0.1, 0.15) is 96.3 Å². The Morgan fingerprint density at radius 3 is 2.20 bits per heavy atom. The van der Waals surface area contributed by atoms with E-state index >= 15 is 0 Å².